The normalized spacial score (nSPS) is 22.4. The molecule has 1 amide bonds. The molecule has 1 saturated heterocycles. The third kappa shape index (κ3) is 2.22. The van der Waals surface area contributed by atoms with Gasteiger partial charge in [0, 0.05) is 31.0 Å². The number of ether oxygens (including phenoxy) is 1. The highest BCUT2D eigenvalue weighted by Crippen LogP contribution is 2.35. The van der Waals surface area contributed by atoms with E-state index in [1.807, 2.05) is 23.1 Å². The van der Waals surface area contributed by atoms with Crippen LogP contribution < -0.4 is 4.74 Å². The average Bonchev–Trinajstić information content (AvgIpc) is 2.83. The van der Waals surface area contributed by atoms with E-state index in [4.69, 9.17) is 4.74 Å². The Balaban J connectivity index is 1.65. The van der Waals surface area contributed by atoms with Crippen LogP contribution in [0.25, 0.3) is 0 Å². The Hall–Kier alpha value is -1.51. The summed E-state index contributed by atoms with van der Waals surface area (Å²) in [7, 11) is 0. The van der Waals surface area contributed by atoms with Crippen LogP contribution in [0.15, 0.2) is 24.3 Å². The third-order valence-corrected chi connectivity index (χ3v) is 3.93. The average molecular weight is 245 g/mol. The van der Waals surface area contributed by atoms with Gasteiger partial charge in [-0.2, -0.15) is 0 Å². The molecule has 0 radical (unpaired) electrons. The molecule has 96 valence electrons. The van der Waals surface area contributed by atoms with Crippen LogP contribution in [0.3, 0.4) is 0 Å². The van der Waals surface area contributed by atoms with Crippen LogP contribution >= 0.6 is 0 Å². The van der Waals surface area contributed by atoms with Crippen LogP contribution in [0, 0.1) is 0 Å². The topological polar surface area (TPSA) is 29.5 Å². The molecule has 1 fully saturated rings. The number of piperidine rings is 1. The minimum atomic E-state index is 0.246. The highest BCUT2D eigenvalue weighted by molar-refractivity contribution is 5.77. The highest BCUT2D eigenvalue weighted by atomic mass is 16.5. The van der Waals surface area contributed by atoms with Crippen LogP contribution in [0.1, 0.15) is 37.2 Å². The van der Waals surface area contributed by atoms with Crippen molar-refractivity contribution in [1.29, 1.82) is 0 Å². The number of carbonyl (C=O) groups is 1. The van der Waals surface area contributed by atoms with E-state index in [2.05, 4.69) is 6.07 Å². The molecule has 0 N–H and O–H groups in total. The van der Waals surface area contributed by atoms with E-state index in [-0.39, 0.29) is 5.92 Å². The fourth-order valence-electron chi connectivity index (χ4n) is 2.88. The van der Waals surface area contributed by atoms with Gasteiger partial charge in [0.15, 0.2) is 0 Å². The molecule has 3 nitrogen and oxygen atoms in total. The van der Waals surface area contributed by atoms with Crippen molar-refractivity contribution in [2.24, 2.45) is 0 Å². The second kappa shape index (κ2) is 5.01. The van der Waals surface area contributed by atoms with E-state index < -0.39 is 0 Å². The lowest BCUT2D eigenvalue weighted by molar-refractivity contribution is -0.132. The molecule has 1 unspecified atom stereocenters. The van der Waals surface area contributed by atoms with Gasteiger partial charge < -0.3 is 9.64 Å². The number of carbonyl (C=O) groups excluding carboxylic acids is 1. The van der Waals surface area contributed by atoms with Gasteiger partial charge in [0.05, 0.1) is 6.61 Å². The fourth-order valence-corrected chi connectivity index (χ4v) is 2.88. The van der Waals surface area contributed by atoms with E-state index in [0.29, 0.717) is 18.9 Å². The number of para-hydroxylation sites is 1. The Kier molecular flexibility index (Phi) is 3.22. The SMILES string of the molecule is O=C(CC1COc2ccccc21)N1CCCCC1. The third-order valence-electron chi connectivity index (χ3n) is 3.93. The van der Waals surface area contributed by atoms with Crippen molar-refractivity contribution in [3.05, 3.63) is 29.8 Å². The molecule has 3 rings (SSSR count). The second-order valence-electron chi connectivity index (χ2n) is 5.19. The number of fused-ring (bicyclic) bond motifs is 1. The van der Waals surface area contributed by atoms with Crippen LogP contribution in [-0.2, 0) is 4.79 Å². The van der Waals surface area contributed by atoms with E-state index in [9.17, 15) is 4.79 Å². The Morgan fingerprint density at radius 3 is 2.83 bits per heavy atom. The molecule has 0 aromatic heterocycles. The van der Waals surface area contributed by atoms with Crippen molar-refractivity contribution in [2.75, 3.05) is 19.7 Å². The minimum absolute atomic E-state index is 0.246. The lowest BCUT2D eigenvalue weighted by Gasteiger charge is -2.27. The number of benzene rings is 1. The van der Waals surface area contributed by atoms with Gasteiger partial charge in [-0.1, -0.05) is 18.2 Å². The summed E-state index contributed by atoms with van der Waals surface area (Å²) in [6.45, 7) is 2.53. The van der Waals surface area contributed by atoms with Gasteiger partial charge in [-0.05, 0) is 25.3 Å². The minimum Gasteiger partial charge on any atom is -0.493 e. The van der Waals surface area contributed by atoms with Gasteiger partial charge >= 0.3 is 0 Å². The summed E-state index contributed by atoms with van der Waals surface area (Å²) in [5.74, 6) is 1.49. The summed E-state index contributed by atoms with van der Waals surface area (Å²) in [5.41, 5.74) is 1.20. The lowest BCUT2D eigenvalue weighted by atomic mass is 9.97. The number of rotatable bonds is 2. The Morgan fingerprint density at radius 2 is 2.00 bits per heavy atom. The largest absolute Gasteiger partial charge is 0.493 e. The van der Waals surface area contributed by atoms with E-state index in [0.717, 1.165) is 31.7 Å². The van der Waals surface area contributed by atoms with E-state index >= 15 is 0 Å². The summed E-state index contributed by atoms with van der Waals surface area (Å²) >= 11 is 0. The molecular formula is C15H19NO2. The molecule has 1 aromatic carbocycles. The van der Waals surface area contributed by atoms with Crippen molar-refractivity contribution in [2.45, 2.75) is 31.6 Å². The molecule has 18 heavy (non-hydrogen) atoms. The van der Waals surface area contributed by atoms with Crippen molar-refractivity contribution in [3.8, 4) is 5.75 Å². The van der Waals surface area contributed by atoms with E-state index in [1.165, 1.54) is 12.0 Å². The van der Waals surface area contributed by atoms with Gasteiger partial charge in [0.1, 0.15) is 5.75 Å². The maximum absolute atomic E-state index is 12.2. The summed E-state index contributed by atoms with van der Waals surface area (Å²) in [6, 6.07) is 8.07. The monoisotopic (exact) mass is 245 g/mol. The summed E-state index contributed by atoms with van der Waals surface area (Å²) in [5, 5.41) is 0. The zero-order chi connectivity index (χ0) is 12.4. The van der Waals surface area contributed by atoms with Gasteiger partial charge in [0.2, 0.25) is 5.91 Å². The fraction of sp³-hybridized carbons (Fsp3) is 0.533. The van der Waals surface area contributed by atoms with Gasteiger partial charge in [-0.3, -0.25) is 4.79 Å². The molecule has 3 heteroatoms. The maximum Gasteiger partial charge on any atom is 0.223 e. The standard InChI is InChI=1S/C15H19NO2/c17-15(16-8-4-1-5-9-16)10-12-11-18-14-7-3-2-6-13(12)14/h2-3,6-7,12H,1,4-5,8-11H2. The smallest absolute Gasteiger partial charge is 0.223 e. The number of hydrogen-bond acceptors (Lipinski definition) is 2. The van der Waals surface area contributed by atoms with Crippen LogP contribution in [0.2, 0.25) is 0 Å². The quantitative estimate of drug-likeness (QED) is 0.801. The van der Waals surface area contributed by atoms with Crippen molar-refractivity contribution < 1.29 is 9.53 Å². The number of likely N-dealkylation sites (tertiary alicyclic amines) is 1. The van der Waals surface area contributed by atoms with Crippen LogP contribution in [0.4, 0.5) is 0 Å². The van der Waals surface area contributed by atoms with Crippen molar-refractivity contribution in [3.63, 3.8) is 0 Å². The van der Waals surface area contributed by atoms with Crippen molar-refractivity contribution >= 4 is 5.91 Å². The molecule has 2 aliphatic heterocycles. The Bertz CT molecular complexity index is 438. The summed E-state index contributed by atoms with van der Waals surface area (Å²) in [4.78, 5) is 14.3. The lowest BCUT2D eigenvalue weighted by Crippen LogP contribution is -2.36. The predicted molar refractivity (Wildman–Crippen MR) is 69.7 cm³/mol. The maximum atomic E-state index is 12.2. The number of hydrogen-bond donors (Lipinski definition) is 0. The molecule has 0 saturated carbocycles. The zero-order valence-electron chi connectivity index (χ0n) is 10.6. The molecule has 0 bridgehead atoms. The number of amides is 1. The van der Waals surface area contributed by atoms with Gasteiger partial charge in [0.25, 0.3) is 0 Å². The van der Waals surface area contributed by atoms with Crippen molar-refractivity contribution in [1.82, 2.24) is 4.90 Å². The molecule has 1 aromatic rings. The summed E-state index contributed by atoms with van der Waals surface area (Å²) < 4.78 is 5.63. The molecule has 0 aliphatic carbocycles. The van der Waals surface area contributed by atoms with Gasteiger partial charge in [-0.25, -0.2) is 0 Å². The van der Waals surface area contributed by atoms with Crippen LogP contribution in [-0.4, -0.2) is 30.5 Å². The zero-order valence-corrected chi connectivity index (χ0v) is 10.6. The summed E-state index contributed by atoms with van der Waals surface area (Å²) in [6.07, 6.45) is 4.17. The first-order chi connectivity index (χ1) is 8.84. The van der Waals surface area contributed by atoms with Gasteiger partial charge in [-0.15, -0.1) is 0 Å². The second-order valence-corrected chi connectivity index (χ2v) is 5.19. The van der Waals surface area contributed by atoms with Crippen LogP contribution in [0.5, 0.6) is 5.75 Å². The molecule has 1 atom stereocenters. The first-order valence-electron chi connectivity index (χ1n) is 6.84. The first-order valence-corrected chi connectivity index (χ1v) is 6.84. The molecular weight excluding hydrogens is 226 g/mol. The predicted octanol–water partition coefficient (Wildman–Crippen LogP) is 2.57. The number of nitrogens with zero attached hydrogens (tertiary/aromatic N) is 1. The molecule has 2 aliphatic rings. The highest BCUT2D eigenvalue weighted by Gasteiger charge is 2.28. The van der Waals surface area contributed by atoms with E-state index in [1.54, 1.807) is 0 Å². The Labute approximate surface area is 108 Å². The Morgan fingerprint density at radius 1 is 1.22 bits per heavy atom. The molecule has 2 heterocycles. The molecule has 0 spiro atoms. The first kappa shape index (κ1) is 11.6.